The Morgan fingerprint density at radius 1 is 1.15 bits per heavy atom. The molecule has 0 bridgehead atoms. The van der Waals surface area contributed by atoms with Gasteiger partial charge in [-0.3, -0.25) is 9.48 Å². The summed E-state index contributed by atoms with van der Waals surface area (Å²) in [7, 11) is 1.91. The molecular formula is C24H34N8O. The number of aromatic nitrogens is 5. The number of hydrogen-bond acceptors (Lipinski definition) is 6. The maximum atomic E-state index is 12.9. The van der Waals surface area contributed by atoms with Gasteiger partial charge in [0, 0.05) is 51.5 Å². The van der Waals surface area contributed by atoms with Crippen molar-refractivity contribution in [1.29, 1.82) is 0 Å². The molecule has 5 heterocycles. The summed E-state index contributed by atoms with van der Waals surface area (Å²) < 4.78 is 3.70. The second kappa shape index (κ2) is 9.13. The number of carbonyl (C=O) groups excluding carboxylic acids is 1. The van der Waals surface area contributed by atoms with Gasteiger partial charge in [0.25, 0.3) is 0 Å². The van der Waals surface area contributed by atoms with Crippen LogP contribution in [0.2, 0.25) is 0 Å². The van der Waals surface area contributed by atoms with Crippen LogP contribution in [0.15, 0.2) is 30.9 Å². The largest absolute Gasteiger partial charge is 0.355 e. The van der Waals surface area contributed by atoms with Gasteiger partial charge in [-0.15, -0.1) is 0 Å². The summed E-state index contributed by atoms with van der Waals surface area (Å²) in [6.07, 6.45) is 10.6. The number of rotatable bonds is 6. The third-order valence-corrected chi connectivity index (χ3v) is 6.85. The quantitative estimate of drug-likeness (QED) is 0.620. The molecule has 1 unspecified atom stereocenters. The number of fused-ring (bicyclic) bond motifs is 1. The van der Waals surface area contributed by atoms with E-state index in [1.807, 2.05) is 42.4 Å². The third-order valence-electron chi connectivity index (χ3n) is 6.85. The Labute approximate surface area is 194 Å². The number of piperidine rings is 1. The average molecular weight is 451 g/mol. The molecule has 33 heavy (non-hydrogen) atoms. The number of nitrogens with zero attached hydrogens (tertiary/aromatic N) is 7. The first-order valence-electron chi connectivity index (χ1n) is 12.1. The number of aryl methyl sites for hydroxylation is 1. The number of hydrogen-bond donors (Lipinski definition) is 1. The van der Waals surface area contributed by atoms with E-state index >= 15 is 0 Å². The zero-order valence-corrected chi connectivity index (χ0v) is 19.8. The van der Waals surface area contributed by atoms with Gasteiger partial charge in [-0.25, -0.2) is 9.50 Å². The van der Waals surface area contributed by atoms with Crippen LogP contribution >= 0.6 is 0 Å². The second-order valence-electron chi connectivity index (χ2n) is 9.86. The summed E-state index contributed by atoms with van der Waals surface area (Å²) >= 11 is 0. The number of piperazine rings is 1. The Balaban J connectivity index is 1.27. The van der Waals surface area contributed by atoms with Gasteiger partial charge in [0.2, 0.25) is 5.91 Å². The fourth-order valence-electron chi connectivity index (χ4n) is 5.10. The van der Waals surface area contributed by atoms with Crippen LogP contribution < -0.4 is 10.2 Å². The molecule has 0 spiro atoms. The fourth-order valence-corrected chi connectivity index (χ4v) is 5.10. The van der Waals surface area contributed by atoms with Crippen LogP contribution in [0.4, 0.5) is 5.82 Å². The van der Waals surface area contributed by atoms with E-state index in [0.29, 0.717) is 11.8 Å². The van der Waals surface area contributed by atoms with Gasteiger partial charge in [0.15, 0.2) is 5.82 Å². The molecule has 3 aromatic rings. The first-order valence-corrected chi connectivity index (χ1v) is 12.1. The Bertz CT molecular complexity index is 1110. The minimum atomic E-state index is -0.0200. The van der Waals surface area contributed by atoms with Crippen molar-refractivity contribution in [3.8, 4) is 11.3 Å². The molecule has 0 aromatic carbocycles. The molecule has 5 rings (SSSR count). The molecule has 9 heteroatoms. The molecule has 2 fully saturated rings. The smallest absolute Gasteiger partial charge is 0.239 e. The minimum absolute atomic E-state index is 0.0200. The molecule has 1 atom stereocenters. The van der Waals surface area contributed by atoms with E-state index in [0.717, 1.165) is 74.6 Å². The first-order chi connectivity index (χ1) is 16.0. The summed E-state index contributed by atoms with van der Waals surface area (Å²) in [6.45, 7) is 8.81. The Hall–Kier alpha value is -2.94. The molecule has 2 saturated heterocycles. The summed E-state index contributed by atoms with van der Waals surface area (Å²) in [5.74, 6) is 2.31. The maximum absolute atomic E-state index is 12.9. The van der Waals surface area contributed by atoms with Gasteiger partial charge in [-0.1, -0.05) is 13.8 Å². The van der Waals surface area contributed by atoms with Crippen molar-refractivity contribution in [2.24, 2.45) is 18.9 Å². The number of amides is 1. The van der Waals surface area contributed by atoms with Crippen molar-refractivity contribution in [2.75, 3.05) is 37.6 Å². The van der Waals surface area contributed by atoms with Crippen LogP contribution in [0, 0.1) is 11.8 Å². The summed E-state index contributed by atoms with van der Waals surface area (Å²) in [6, 6.07) is 2.00. The Morgan fingerprint density at radius 2 is 1.97 bits per heavy atom. The molecule has 2 aliphatic rings. The summed E-state index contributed by atoms with van der Waals surface area (Å²) in [5.41, 5.74) is 2.88. The Kier molecular flexibility index (Phi) is 6.05. The molecule has 0 saturated carbocycles. The maximum Gasteiger partial charge on any atom is 0.239 e. The lowest BCUT2D eigenvalue weighted by Crippen LogP contribution is -2.56. The summed E-state index contributed by atoms with van der Waals surface area (Å²) in [5, 5.41) is 12.2. The predicted molar refractivity (Wildman–Crippen MR) is 128 cm³/mol. The van der Waals surface area contributed by atoms with Gasteiger partial charge in [-0.2, -0.15) is 10.2 Å². The van der Waals surface area contributed by atoms with Crippen molar-refractivity contribution >= 4 is 17.2 Å². The highest BCUT2D eigenvalue weighted by atomic mass is 16.2. The van der Waals surface area contributed by atoms with Crippen molar-refractivity contribution in [3.63, 3.8) is 0 Å². The van der Waals surface area contributed by atoms with Crippen LogP contribution in [0.3, 0.4) is 0 Å². The van der Waals surface area contributed by atoms with E-state index in [1.165, 1.54) is 0 Å². The van der Waals surface area contributed by atoms with Crippen molar-refractivity contribution in [3.05, 3.63) is 30.9 Å². The van der Waals surface area contributed by atoms with Crippen molar-refractivity contribution in [2.45, 2.75) is 39.2 Å². The molecule has 2 aliphatic heterocycles. The topological polar surface area (TPSA) is 83.6 Å². The number of anilines is 1. The monoisotopic (exact) mass is 450 g/mol. The molecule has 176 valence electrons. The summed E-state index contributed by atoms with van der Waals surface area (Å²) in [4.78, 5) is 22.4. The molecule has 9 nitrogen and oxygen atoms in total. The standard InChI is InChI=1S/C24H34N8O/c1-17(2)12-20-24(33)31(11-8-25-20)14-18-5-9-30(10-6-18)23-22-4-7-26-32(22)16-21(28-23)19-13-27-29(3)15-19/h4,7,13,15-18,20,25H,5-6,8-12,14H2,1-3H3. The molecule has 0 aliphatic carbocycles. The number of nitrogens with one attached hydrogen (secondary N) is 1. The van der Waals surface area contributed by atoms with Crippen LogP contribution in [0.5, 0.6) is 0 Å². The van der Waals surface area contributed by atoms with E-state index in [9.17, 15) is 4.79 Å². The van der Waals surface area contributed by atoms with Crippen LogP contribution in [-0.2, 0) is 11.8 Å². The van der Waals surface area contributed by atoms with E-state index < -0.39 is 0 Å². The first kappa shape index (κ1) is 21.9. The van der Waals surface area contributed by atoms with Crippen LogP contribution in [-0.4, -0.2) is 74.0 Å². The predicted octanol–water partition coefficient (Wildman–Crippen LogP) is 2.19. The van der Waals surface area contributed by atoms with E-state index in [-0.39, 0.29) is 11.9 Å². The van der Waals surface area contributed by atoms with Crippen LogP contribution in [0.1, 0.15) is 33.1 Å². The van der Waals surface area contributed by atoms with Gasteiger partial charge in [-0.05, 0) is 37.2 Å². The van der Waals surface area contributed by atoms with E-state index in [4.69, 9.17) is 4.98 Å². The molecular weight excluding hydrogens is 416 g/mol. The SMILES string of the molecule is CC(C)CC1NCCN(CC2CCN(c3nc(-c4cnn(C)c4)cn4nccc34)CC2)C1=O. The fraction of sp³-hybridized carbons (Fsp3) is 0.583. The zero-order valence-electron chi connectivity index (χ0n) is 19.8. The highest BCUT2D eigenvalue weighted by Gasteiger charge is 2.31. The van der Waals surface area contributed by atoms with E-state index in [1.54, 1.807) is 4.68 Å². The molecule has 0 radical (unpaired) electrons. The van der Waals surface area contributed by atoms with Gasteiger partial charge >= 0.3 is 0 Å². The molecule has 1 N–H and O–H groups in total. The second-order valence-corrected chi connectivity index (χ2v) is 9.86. The van der Waals surface area contributed by atoms with Gasteiger partial charge in [0.05, 0.1) is 30.3 Å². The third kappa shape index (κ3) is 4.59. The van der Waals surface area contributed by atoms with Crippen molar-refractivity contribution < 1.29 is 4.79 Å². The lowest BCUT2D eigenvalue weighted by molar-refractivity contribution is -0.136. The van der Waals surface area contributed by atoms with Gasteiger partial charge in [0.1, 0.15) is 5.52 Å². The average Bonchev–Trinajstić information content (AvgIpc) is 3.45. The lowest BCUT2D eigenvalue weighted by atomic mass is 9.94. The Morgan fingerprint density at radius 3 is 2.70 bits per heavy atom. The van der Waals surface area contributed by atoms with Crippen LogP contribution in [0.25, 0.3) is 16.8 Å². The minimum Gasteiger partial charge on any atom is -0.355 e. The number of carbonyl (C=O) groups is 1. The van der Waals surface area contributed by atoms with Crippen molar-refractivity contribution in [1.82, 2.24) is 34.6 Å². The lowest BCUT2D eigenvalue weighted by Gasteiger charge is -2.39. The van der Waals surface area contributed by atoms with E-state index in [2.05, 4.69) is 39.2 Å². The normalized spacial score (nSPS) is 20.4. The van der Waals surface area contributed by atoms with Gasteiger partial charge < -0.3 is 15.1 Å². The highest BCUT2D eigenvalue weighted by molar-refractivity contribution is 5.82. The molecule has 1 amide bonds. The highest BCUT2D eigenvalue weighted by Crippen LogP contribution is 2.29. The zero-order chi connectivity index (χ0) is 22.9. The molecule has 3 aromatic heterocycles.